The van der Waals surface area contributed by atoms with E-state index in [9.17, 15) is 0 Å². The summed E-state index contributed by atoms with van der Waals surface area (Å²) in [5, 5.41) is 12.5. The molecule has 0 unspecified atom stereocenters. The highest BCUT2D eigenvalue weighted by Gasteiger charge is 2.30. The molecule has 0 bridgehead atoms. The molecule has 1 heterocycles. The Morgan fingerprint density at radius 3 is 2.80 bits per heavy atom. The Balaban J connectivity index is 2.41. The van der Waals surface area contributed by atoms with Crippen molar-refractivity contribution >= 4 is 0 Å². The number of hydrogen-bond donors (Lipinski definition) is 2. The van der Waals surface area contributed by atoms with Crippen LogP contribution in [0.4, 0.5) is 0 Å². The second kappa shape index (κ2) is 3.35. The zero-order valence-corrected chi connectivity index (χ0v) is 6.69. The molecular formula is C8H17NO. The Kier molecular flexibility index (Phi) is 2.69. The van der Waals surface area contributed by atoms with Gasteiger partial charge >= 0.3 is 0 Å². The zero-order chi connectivity index (χ0) is 7.45. The van der Waals surface area contributed by atoms with Crippen LogP contribution in [-0.4, -0.2) is 23.8 Å². The molecule has 0 aliphatic carbocycles. The highest BCUT2D eigenvalue weighted by Crippen LogP contribution is 2.23. The average Bonchev–Trinajstić information content (AvgIpc) is 2.39. The van der Waals surface area contributed by atoms with Gasteiger partial charge in [0, 0.05) is 5.54 Å². The van der Waals surface area contributed by atoms with Gasteiger partial charge in [0.15, 0.2) is 0 Å². The first-order valence-corrected chi connectivity index (χ1v) is 4.19. The van der Waals surface area contributed by atoms with Crippen LogP contribution in [0.2, 0.25) is 0 Å². The van der Waals surface area contributed by atoms with Crippen molar-refractivity contribution < 1.29 is 5.11 Å². The molecule has 0 amide bonds. The van der Waals surface area contributed by atoms with Gasteiger partial charge in [-0.3, -0.25) is 0 Å². The average molecular weight is 143 g/mol. The highest BCUT2D eigenvalue weighted by molar-refractivity contribution is 4.91. The lowest BCUT2D eigenvalue weighted by molar-refractivity contribution is 0.168. The third-order valence-corrected chi connectivity index (χ3v) is 2.36. The third kappa shape index (κ3) is 1.50. The maximum absolute atomic E-state index is 9.09. The first kappa shape index (κ1) is 8.02. The van der Waals surface area contributed by atoms with Gasteiger partial charge in [-0.2, -0.15) is 0 Å². The number of hydrogen-bond acceptors (Lipinski definition) is 2. The van der Waals surface area contributed by atoms with Crippen LogP contribution >= 0.6 is 0 Å². The Hall–Kier alpha value is -0.0800. The minimum atomic E-state index is 0.0920. The molecule has 1 atom stereocenters. The molecule has 0 saturated carbocycles. The molecule has 2 N–H and O–H groups in total. The lowest BCUT2D eigenvalue weighted by atomic mass is 9.93. The fourth-order valence-corrected chi connectivity index (χ4v) is 1.77. The summed E-state index contributed by atoms with van der Waals surface area (Å²) < 4.78 is 0. The number of nitrogens with one attached hydrogen (secondary N) is 1. The molecule has 1 rings (SSSR count). The molecule has 2 heteroatoms. The molecule has 0 aromatic carbocycles. The van der Waals surface area contributed by atoms with E-state index >= 15 is 0 Å². The standard InChI is InChI=1S/C8H17NO/c1-2-4-8(7-10)5-3-6-9-8/h9-10H,2-7H2,1H3/t8-/m0/s1. The fourth-order valence-electron chi connectivity index (χ4n) is 1.77. The van der Waals surface area contributed by atoms with Gasteiger partial charge in [-0.15, -0.1) is 0 Å². The second-order valence-electron chi connectivity index (χ2n) is 3.22. The van der Waals surface area contributed by atoms with Crippen LogP contribution in [0, 0.1) is 0 Å². The van der Waals surface area contributed by atoms with Gasteiger partial charge in [0.1, 0.15) is 0 Å². The van der Waals surface area contributed by atoms with E-state index in [2.05, 4.69) is 12.2 Å². The van der Waals surface area contributed by atoms with Gasteiger partial charge in [-0.25, -0.2) is 0 Å². The molecule has 1 saturated heterocycles. The van der Waals surface area contributed by atoms with Crippen molar-refractivity contribution in [3.05, 3.63) is 0 Å². The van der Waals surface area contributed by atoms with Crippen molar-refractivity contribution in [2.24, 2.45) is 0 Å². The third-order valence-electron chi connectivity index (χ3n) is 2.36. The van der Waals surface area contributed by atoms with Crippen LogP contribution in [0.15, 0.2) is 0 Å². The molecule has 0 spiro atoms. The van der Waals surface area contributed by atoms with E-state index in [4.69, 9.17) is 5.11 Å². The summed E-state index contributed by atoms with van der Waals surface area (Å²) in [5.41, 5.74) is 0.0920. The predicted molar refractivity (Wildman–Crippen MR) is 42.0 cm³/mol. The summed E-state index contributed by atoms with van der Waals surface area (Å²) in [6.07, 6.45) is 4.65. The first-order chi connectivity index (χ1) is 4.83. The molecule has 60 valence electrons. The lowest BCUT2D eigenvalue weighted by Gasteiger charge is -2.26. The fraction of sp³-hybridized carbons (Fsp3) is 1.00. The van der Waals surface area contributed by atoms with Crippen molar-refractivity contribution in [2.45, 2.75) is 38.1 Å². The largest absolute Gasteiger partial charge is 0.394 e. The molecule has 0 aromatic rings. The highest BCUT2D eigenvalue weighted by atomic mass is 16.3. The Morgan fingerprint density at radius 1 is 1.60 bits per heavy atom. The van der Waals surface area contributed by atoms with Gasteiger partial charge in [-0.1, -0.05) is 13.3 Å². The van der Waals surface area contributed by atoms with E-state index in [-0.39, 0.29) is 5.54 Å². The van der Waals surface area contributed by atoms with Crippen molar-refractivity contribution in [2.75, 3.05) is 13.2 Å². The topological polar surface area (TPSA) is 32.3 Å². The van der Waals surface area contributed by atoms with Crippen LogP contribution in [0.25, 0.3) is 0 Å². The van der Waals surface area contributed by atoms with Gasteiger partial charge in [0.25, 0.3) is 0 Å². The minimum Gasteiger partial charge on any atom is -0.394 e. The normalized spacial score (nSPS) is 33.0. The van der Waals surface area contributed by atoms with Crippen molar-refractivity contribution in [3.63, 3.8) is 0 Å². The van der Waals surface area contributed by atoms with Gasteiger partial charge in [0.05, 0.1) is 6.61 Å². The smallest absolute Gasteiger partial charge is 0.0613 e. The van der Waals surface area contributed by atoms with E-state index in [0.717, 1.165) is 25.8 Å². The minimum absolute atomic E-state index is 0.0920. The zero-order valence-electron chi connectivity index (χ0n) is 6.69. The monoisotopic (exact) mass is 143 g/mol. The molecule has 1 aliphatic heterocycles. The van der Waals surface area contributed by atoms with E-state index in [1.54, 1.807) is 0 Å². The Morgan fingerprint density at radius 2 is 2.40 bits per heavy atom. The van der Waals surface area contributed by atoms with Crippen LogP contribution in [0.1, 0.15) is 32.6 Å². The van der Waals surface area contributed by atoms with Crippen molar-refractivity contribution in [1.29, 1.82) is 0 Å². The number of aliphatic hydroxyl groups excluding tert-OH is 1. The van der Waals surface area contributed by atoms with E-state index in [1.807, 2.05) is 0 Å². The maximum Gasteiger partial charge on any atom is 0.0613 e. The molecule has 2 nitrogen and oxygen atoms in total. The molecular weight excluding hydrogens is 126 g/mol. The SMILES string of the molecule is CCC[C@@]1(CO)CCCN1. The summed E-state index contributed by atoms with van der Waals surface area (Å²) in [6.45, 7) is 3.55. The van der Waals surface area contributed by atoms with Crippen LogP contribution in [-0.2, 0) is 0 Å². The Labute approximate surface area is 62.6 Å². The van der Waals surface area contributed by atoms with Crippen molar-refractivity contribution in [1.82, 2.24) is 5.32 Å². The Bertz CT molecular complexity index is 97.4. The second-order valence-corrected chi connectivity index (χ2v) is 3.22. The summed E-state index contributed by atoms with van der Waals surface area (Å²) in [7, 11) is 0. The van der Waals surface area contributed by atoms with Crippen molar-refractivity contribution in [3.8, 4) is 0 Å². The van der Waals surface area contributed by atoms with Crippen LogP contribution in [0.3, 0.4) is 0 Å². The van der Waals surface area contributed by atoms with Crippen LogP contribution in [0.5, 0.6) is 0 Å². The summed E-state index contributed by atoms with van der Waals surface area (Å²) in [4.78, 5) is 0. The van der Waals surface area contributed by atoms with Gasteiger partial charge < -0.3 is 10.4 Å². The first-order valence-electron chi connectivity index (χ1n) is 4.19. The quantitative estimate of drug-likeness (QED) is 0.615. The van der Waals surface area contributed by atoms with Crippen LogP contribution < -0.4 is 5.32 Å². The lowest BCUT2D eigenvalue weighted by Crippen LogP contribution is -2.43. The molecule has 1 aliphatic rings. The van der Waals surface area contributed by atoms with Gasteiger partial charge in [-0.05, 0) is 25.8 Å². The van der Waals surface area contributed by atoms with Gasteiger partial charge in [0.2, 0.25) is 0 Å². The number of rotatable bonds is 3. The predicted octanol–water partition coefficient (Wildman–Crippen LogP) is 0.901. The molecule has 1 fully saturated rings. The maximum atomic E-state index is 9.09. The molecule has 0 aromatic heterocycles. The summed E-state index contributed by atoms with van der Waals surface area (Å²) in [5.74, 6) is 0. The number of aliphatic hydroxyl groups is 1. The summed E-state index contributed by atoms with van der Waals surface area (Å²) >= 11 is 0. The molecule has 10 heavy (non-hydrogen) atoms. The van der Waals surface area contributed by atoms with E-state index < -0.39 is 0 Å². The molecule has 0 radical (unpaired) electrons. The summed E-state index contributed by atoms with van der Waals surface area (Å²) in [6, 6.07) is 0. The van der Waals surface area contributed by atoms with E-state index in [1.165, 1.54) is 6.42 Å². The van der Waals surface area contributed by atoms with E-state index in [0.29, 0.717) is 6.61 Å².